The molecule has 4 aromatic carbocycles. The molecule has 0 aliphatic heterocycles. The lowest BCUT2D eigenvalue weighted by Crippen LogP contribution is -2.02. The van der Waals surface area contributed by atoms with Gasteiger partial charge in [0.1, 0.15) is 12.1 Å². The normalized spacial score (nSPS) is 11.2. The van der Waals surface area contributed by atoms with Crippen molar-refractivity contribution >= 4 is 33.3 Å². The maximum atomic E-state index is 5.80. The molecule has 0 saturated heterocycles. The Morgan fingerprint density at radius 1 is 0.816 bits per heavy atom. The van der Waals surface area contributed by atoms with Gasteiger partial charge in [-0.3, -0.25) is 4.57 Å². The fourth-order valence-electron chi connectivity index (χ4n) is 4.64. The lowest BCUT2D eigenvalue weighted by molar-refractivity contribution is 0.309. The number of para-hydroxylation sites is 1. The topological polar surface area (TPSA) is 64.9 Å². The lowest BCUT2D eigenvalue weighted by atomic mass is 10.0. The van der Waals surface area contributed by atoms with E-state index in [0.717, 1.165) is 69.9 Å². The quantitative estimate of drug-likeness (QED) is 0.209. The Balaban J connectivity index is 1.24. The third-order valence-corrected chi connectivity index (χ3v) is 6.67. The Morgan fingerprint density at radius 3 is 2.42 bits per heavy atom. The Kier molecular flexibility index (Phi) is 6.68. The summed E-state index contributed by atoms with van der Waals surface area (Å²) in [7, 11) is 0. The third kappa shape index (κ3) is 4.93. The van der Waals surface area contributed by atoms with Crippen molar-refractivity contribution in [2.45, 2.75) is 26.2 Å². The van der Waals surface area contributed by atoms with Crippen molar-refractivity contribution in [3.8, 4) is 11.4 Å². The molecule has 2 heterocycles. The number of imidazole rings is 1. The zero-order valence-electron chi connectivity index (χ0n) is 21.3. The van der Waals surface area contributed by atoms with Gasteiger partial charge in [-0.25, -0.2) is 4.98 Å². The van der Waals surface area contributed by atoms with Gasteiger partial charge in [0.15, 0.2) is 5.82 Å². The van der Waals surface area contributed by atoms with E-state index in [1.807, 2.05) is 54.9 Å². The van der Waals surface area contributed by atoms with Crippen LogP contribution in [-0.2, 0) is 6.42 Å². The third-order valence-electron chi connectivity index (χ3n) is 6.67. The van der Waals surface area contributed by atoms with Crippen LogP contribution in [-0.4, -0.2) is 26.4 Å². The number of hydrogen-bond donors (Lipinski definition) is 1. The number of nitrogens with one attached hydrogen (secondary N) is 1. The number of ether oxygens (including phenoxy) is 1. The van der Waals surface area contributed by atoms with Crippen LogP contribution in [0.15, 0.2) is 103 Å². The summed E-state index contributed by atoms with van der Waals surface area (Å²) in [6.45, 7) is 2.92. The van der Waals surface area contributed by atoms with E-state index in [1.165, 1.54) is 5.56 Å². The SMILES string of the molecule is CCCCOc1ccc(Cc2nnc(Nc3ccc4c(c3)ncn4-c3ccccc3)c3ccccc23)cc1. The number of anilines is 2. The van der Waals surface area contributed by atoms with Gasteiger partial charge in [-0.2, -0.15) is 5.10 Å². The second kappa shape index (κ2) is 10.7. The molecule has 0 bridgehead atoms. The monoisotopic (exact) mass is 499 g/mol. The molecule has 0 fully saturated rings. The molecular formula is C32H29N5O. The highest BCUT2D eigenvalue weighted by Crippen LogP contribution is 2.29. The molecule has 0 aliphatic rings. The Labute approximate surface area is 222 Å². The number of hydrogen-bond acceptors (Lipinski definition) is 5. The molecule has 0 atom stereocenters. The van der Waals surface area contributed by atoms with E-state index < -0.39 is 0 Å². The Morgan fingerprint density at radius 2 is 1.61 bits per heavy atom. The van der Waals surface area contributed by atoms with Crippen LogP contribution in [0.3, 0.4) is 0 Å². The van der Waals surface area contributed by atoms with Gasteiger partial charge in [0.25, 0.3) is 0 Å². The van der Waals surface area contributed by atoms with E-state index in [1.54, 1.807) is 0 Å². The smallest absolute Gasteiger partial charge is 0.160 e. The van der Waals surface area contributed by atoms with E-state index in [4.69, 9.17) is 4.74 Å². The van der Waals surface area contributed by atoms with Crippen LogP contribution in [0.25, 0.3) is 27.5 Å². The highest BCUT2D eigenvalue weighted by atomic mass is 16.5. The maximum Gasteiger partial charge on any atom is 0.160 e. The van der Waals surface area contributed by atoms with E-state index in [0.29, 0.717) is 6.42 Å². The van der Waals surface area contributed by atoms with E-state index >= 15 is 0 Å². The second-order valence-corrected chi connectivity index (χ2v) is 9.34. The molecule has 6 rings (SSSR count). The predicted octanol–water partition coefficient (Wildman–Crippen LogP) is 7.48. The zero-order valence-corrected chi connectivity index (χ0v) is 21.3. The van der Waals surface area contributed by atoms with Crippen molar-refractivity contribution in [1.29, 1.82) is 0 Å². The average molecular weight is 500 g/mol. The molecular weight excluding hydrogens is 470 g/mol. The molecule has 188 valence electrons. The molecule has 6 heteroatoms. The maximum absolute atomic E-state index is 5.80. The fourth-order valence-corrected chi connectivity index (χ4v) is 4.64. The van der Waals surface area contributed by atoms with Gasteiger partial charge in [0, 0.05) is 28.6 Å². The van der Waals surface area contributed by atoms with Gasteiger partial charge in [-0.1, -0.05) is 67.9 Å². The van der Waals surface area contributed by atoms with Crippen LogP contribution in [0.4, 0.5) is 11.5 Å². The van der Waals surface area contributed by atoms with Crippen LogP contribution in [0, 0.1) is 0 Å². The number of nitrogens with zero attached hydrogens (tertiary/aromatic N) is 4. The summed E-state index contributed by atoms with van der Waals surface area (Å²) >= 11 is 0. The molecule has 0 aliphatic carbocycles. The minimum atomic E-state index is 0.700. The van der Waals surface area contributed by atoms with Crippen molar-refractivity contribution in [3.63, 3.8) is 0 Å². The molecule has 0 unspecified atom stereocenters. The Hall–Kier alpha value is -4.71. The molecule has 38 heavy (non-hydrogen) atoms. The van der Waals surface area contributed by atoms with E-state index in [9.17, 15) is 0 Å². The first kappa shape index (κ1) is 23.7. The highest BCUT2D eigenvalue weighted by Gasteiger charge is 2.12. The lowest BCUT2D eigenvalue weighted by Gasteiger charge is -2.12. The second-order valence-electron chi connectivity index (χ2n) is 9.34. The van der Waals surface area contributed by atoms with E-state index in [-0.39, 0.29) is 0 Å². The molecule has 0 spiro atoms. The zero-order chi connectivity index (χ0) is 25.7. The van der Waals surface area contributed by atoms with Gasteiger partial charge in [-0.15, -0.1) is 5.10 Å². The van der Waals surface area contributed by atoms with Gasteiger partial charge in [0.05, 0.1) is 23.3 Å². The first-order valence-electron chi connectivity index (χ1n) is 13.0. The van der Waals surface area contributed by atoms with E-state index in [2.05, 4.69) is 80.5 Å². The molecule has 2 aromatic heterocycles. The first-order valence-corrected chi connectivity index (χ1v) is 13.0. The van der Waals surface area contributed by atoms with Gasteiger partial charge in [-0.05, 0) is 54.4 Å². The number of benzene rings is 4. The molecule has 6 aromatic rings. The summed E-state index contributed by atoms with van der Waals surface area (Å²) in [4.78, 5) is 4.63. The highest BCUT2D eigenvalue weighted by molar-refractivity contribution is 5.95. The first-order chi connectivity index (χ1) is 18.8. The van der Waals surface area contributed by atoms with Crippen molar-refractivity contribution in [2.75, 3.05) is 11.9 Å². The molecule has 0 amide bonds. The van der Waals surface area contributed by atoms with Crippen LogP contribution in [0.5, 0.6) is 5.75 Å². The van der Waals surface area contributed by atoms with Crippen LogP contribution in [0.1, 0.15) is 31.0 Å². The number of aromatic nitrogens is 4. The predicted molar refractivity (Wildman–Crippen MR) is 154 cm³/mol. The molecule has 0 radical (unpaired) electrons. The molecule has 0 saturated carbocycles. The van der Waals surface area contributed by atoms with Gasteiger partial charge < -0.3 is 10.1 Å². The summed E-state index contributed by atoms with van der Waals surface area (Å²) < 4.78 is 7.89. The minimum absolute atomic E-state index is 0.700. The number of rotatable bonds is 9. The number of fused-ring (bicyclic) bond motifs is 2. The molecule has 1 N–H and O–H groups in total. The summed E-state index contributed by atoms with van der Waals surface area (Å²) in [5, 5.41) is 14.8. The summed E-state index contributed by atoms with van der Waals surface area (Å²) in [5.74, 6) is 1.63. The summed E-state index contributed by atoms with van der Waals surface area (Å²) in [6, 6.07) is 33.0. The van der Waals surface area contributed by atoms with Crippen molar-refractivity contribution < 1.29 is 4.74 Å². The molecule has 6 nitrogen and oxygen atoms in total. The average Bonchev–Trinajstić information content (AvgIpc) is 3.39. The standard InChI is InChI=1S/C32H29N5O/c1-2-3-19-38-26-16-13-23(14-17-26)20-29-27-11-7-8-12-28(27)32(36-35-29)34-24-15-18-31-30(21-24)33-22-37(31)25-9-5-4-6-10-25/h4-18,21-22H,2-3,19-20H2,1H3,(H,34,36). The summed E-state index contributed by atoms with van der Waals surface area (Å²) in [5.41, 5.74) is 6.09. The number of unbranched alkanes of at least 4 members (excludes halogenated alkanes) is 1. The van der Waals surface area contributed by atoms with Gasteiger partial charge >= 0.3 is 0 Å². The van der Waals surface area contributed by atoms with Crippen LogP contribution >= 0.6 is 0 Å². The minimum Gasteiger partial charge on any atom is -0.494 e. The van der Waals surface area contributed by atoms with Crippen molar-refractivity contribution in [3.05, 3.63) is 115 Å². The Bertz CT molecular complexity index is 1680. The fraction of sp³-hybridized carbons (Fsp3) is 0.156. The van der Waals surface area contributed by atoms with Crippen LogP contribution < -0.4 is 10.1 Å². The van der Waals surface area contributed by atoms with Crippen LogP contribution in [0.2, 0.25) is 0 Å². The van der Waals surface area contributed by atoms with Gasteiger partial charge in [0.2, 0.25) is 0 Å². The largest absolute Gasteiger partial charge is 0.494 e. The van der Waals surface area contributed by atoms with Crippen molar-refractivity contribution in [1.82, 2.24) is 19.7 Å². The summed E-state index contributed by atoms with van der Waals surface area (Å²) in [6.07, 6.45) is 4.75. The van der Waals surface area contributed by atoms with Crippen molar-refractivity contribution in [2.24, 2.45) is 0 Å².